The van der Waals surface area contributed by atoms with Gasteiger partial charge in [0.05, 0.1) is 6.42 Å². The van der Waals surface area contributed by atoms with Crippen LogP contribution in [0.3, 0.4) is 0 Å². The van der Waals surface area contributed by atoms with Crippen molar-refractivity contribution in [1.29, 1.82) is 0 Å². The number of alkyl halides is 3. The number of hydrogen-bond acceptors (Lipinski definition) is 2. The van der Waals surface area contributed by atoms with E-state index in [2.05, 4.69) is 5.32 Å². The van der Waals surface area contributed by atoms with E-state index in [-0.39, 0.29) is 0 Å². The van der Waals surface area contributed by atoms with Crippen molar-refractivity contribution in [2.24, 2.45) is 0 Å². The Morgan fingerprint density at radius 2 is 1.94 bits per heavy atom. The highest BCUT2D eigenvalue weighted by Gasteiger charge is 2.29. The van der Waals surface area contributed by atoms with Crippen molar-refractivity contribution in [2.45, 2.75) is 38.4 Å². The molecule has 0 aliphatic heterocycles. The van der Waals surface area contributed by atoms with Gasteiger partial charge in [-0.05, 0) is 37.9 Å². The number of rotatable bonds is 6. The maximum atomic E-state index is 12.1. The van der Waals surface area contributed by atoms with Gasteiger partial charge in [0.15, 0.2) is 0 Å². The number of anilines is 1. The van der Waals surface area contributed by atoms with Crippen molar-refractivity contribution < 1.29 is 13.2 Å². The van der Waals surface area contributed by atoms with Crippen LogP contribution in [0.5, 0.6) is 0 Å². The van der Waals surface area contributed by atoms with E-state index < -0.39 is 18.6 Å². The SMILES string of the molecule is CC(CC(F)(F)F)NCCCc1ccccc1N. The standard InChI is InChI=1S/C13H19F3N2/c1-10(9-13(14,15)16)18-8-4-6-11-5-2-3-7-12(11)17/h2-3,5,7,10,18H,4,6,8-9,17H2,1H3. The summed E-state index contributed by atoms with van der Waals surface area (Å²) in [5.74, 6) is 0. The monoisotopic (exact) mass is 260 g/mol. The Balaban J connectivity index is 2.21. The molecule has 0 fully saturated rings. The molecule has 5 heteroatoms. The molecule has 0 aromatic heterocycles. The topological polar surface area (TPSA) is 38.0 Å². The Morgan fingerprint density at radius 3 is 2.56 bits per heavy atom. The maximum Gasteiger partial charge on any atom is 0.390 e. The molecule has 0 saturated carbocycles. The second-order valence-corrected chi connectivity index (χ2v) is 4.48. The molecule has 0 aliphatic carbocycles. The molecule has 1 aromatic rings. The number of nitrogens with two attached hydrogens (primary N) is 1. The number of nitrogen functional groups attached to an aromatic ring is 1. The normalized spacial score (nSPS) is 13.6. The Labute approximate surface area is 105 Å². The first-order valence-corrected chi connectivity index (χ1v) is 6.02. The zero-order valence-electron chi connectivity index (χ0n) is 10.4. The quantitative estimate of drug-likeness (QED) is 0.609. The molecule has 102 valence electrons. The first kappa shape index (κ1) is 14.8. The molecule has 0 radical (unpaired) electrons. The van der Waals surface area contributed by atoms with Crippen molar-refractivity contribution in [3.63, 3.8) is 0 Å². The second-order valence-electron chi connectivity index (χ2n) is 4.48. The number of benzene rings is 1. The van der Waals surface area contributed by atoms with Crippen LogP contribution in [0.25, 0.3) is 0 Å². The van der Waals surface area contributed by atoms with Gasteiger partial charge in [0, 0.05) is 11.7 Å². The van der Waals surface area contributed by atoms with Crippen LogP contribution >= 0.6 is 0 Å². The zero-order chi connectivity index (χ0) is 13.6. The summed E-state index contributed by atoms with van der Waals surface area (Å²) in [6, 6.07) is 7.00. The molecule has 1 rings (SSSR count). The average molecular weight is 260 g/mol. The number of hydrogen-bond donors (Lipinski definition) is 2. The highest BCUT2D eigenvalue weighted by Crippen LogP contribution is 2.21. The lowest BCUT2D eigenvalue weighted by Gasteiger charge is -2.15. The minimum atomic E-state index is -4.10. The van der Waals surface area contributed by atoms with Gasteiger partial charge < -0.3 is 11.1 Å². The number of aryl methyl sites for hydroxylation is 1. The molecule has 0 aliphatic rings. The van der Waals surface area contributed by atoms with Gasteiger partial charge in [-0.3, -0.25) is 0 Å². The number of nitrogens with one attached hydrogen (secondary N) is 1. The van der Waals surface area contributed by atoms with Crippen molar-refractivity contribution in [2.75, 3.05) is 12.3 Å². The summed E-state index contributed by atoms with van der Waals surface area (Å²) in [6.07, 6.45) is -3.34. The molecule has 2 nitrogen and oxygen atoms in total. The molecule has 18 heavy (non-hydrogen) atoms. The highest BCUT2D eigenvalue weighted by atomic mass is 19.4. The van der Waals surface area contributed by atoms with Gasteiger partial charge in [-0.2, -0.15) is 13.2 Å². The summed E-state index contributed by atoms with van der Waals surface area (Å²) in [5.41, 5.74) is 7.56. The van der Waals surface area contributed by atoms with Gasteiger partial charge in [-0.15, -0.1) is 0 Å². The van der Waals surface area contributed by atoms with Crippen LogP contribution in [0.4, 0.5) is 18.9 Å². The second kappa shape index (κ2) is 6.64. The van der Waals surface area contributed by atoms with Crippen LogP contribution in [0.1, 0.15) is 25.3 Å². The predicted molar refractivity (Wildman–Crippen MR) is 67.3 cm³/mol. The zero-order valence-corrected chi connectivity index (χ0v) is 10.4. The van der Waals surface area contributed by atoms with Crippen LogP contribution in [0.2, 0.25) is 0 Å². The summed E-state index contributed by atoms with van der Waals surface area (Å²) in [7, 11) is 0. The fraction of sp³-hybridized carbons (Fsp3) is 0.538. The number of para-hydroxylation sites is 1. The molecule has 0 amide bonds. The van der Waals surface area contributed by atoms with Crippen LogP contribution in [0, 0.1) is 0 Å². The van der Waals surface area contributed by atoms with Crippen LogP contribution in [-0.4, -0.2) is 18.8 Å². The molecule has 0 bridgehead atoms. The molecule has 0 spiro atoms. The van der Waals surface area contributed by atoms with E-state index in [4.69, 9.17) is 5.73 Å². The Kier molecular flexibility index (Phi) is 5.47. The van der Waals surface area contributed by atoms with Gasteiger partial charge in [-0.25, -0.2) is 0 Å². The Bertz CT molecular complexity index is 363. The summed E-state index contributed by atoms with van der Waals surface area (Å²) in [6.45, 7) is 2.11. The summed E-state index contributed by atoms with van der Waals surface area (Å²) < 4.78 is 36.2. The minimum Gasteiger partial charge on any atom is -0.399 e. The minimum absolute atomic E-state index is 0.543. The molecule has 1 aromatic carbocycles. The van der Waals surface area contributed by atoms with Gasteiger partial charge >= 0.3 is 6.18 Å². The van der Waals surface area contributed by atoms with E-state index in [1.807, 2.05) is 24.3 Å². The van der Waals surface area contributed by atoms with Crippen molar-refractivity contribution in [3.8, 4) is 0 Å². The van der Waals surface area contributed by atoms with E-state index in [1.54, 1.807) is 6.92 Å². The molecular formula is C13H19F3N2. The smallest absolute Gasteiger partial charge is 0.390 e. The van der Waals surface area contributed by atoms with Gasteiger partial charge in [0.2, 0.25) is 0 Å². The maximum absolute atomic E-state index is 12.1. The third kappa shape index (κ3) is 5.91. The first-order valence-electron chi connectivity index (χ1n) is 6.02. The predicted octanol–water partition coefficient (Wildman–Crippen LogP) is 3.13. The molecule has 3 N–H and O–H groups in total. The first-order chi connectivity index (χ1) is 8.38. The summed E-state index contributed by atoms with van der Waals surface area (Å²) in [5, 5.41) is 2.87. The summed E-state index contributed by atoms with van der Waals surface area (Å²) in [4.78, 5) is 0. The Morgan fingerprint density at radius 1 is 1.28 bits per heavy atom. The van der Waals surface area contributed by atoms with Gasteiger partial charge in [0.1, 0.15) is 0 Å². The van der Waals surface area contributed by atoms with E-state index in [0.29, 0.717) is 6.54 Å². The highest BCUT2D eigenvalue weighted by molar-refractivity contribution is 5.46. The van der Waals surface area contributed by atoms with Crippen LogP contribution in [-0.2, 0) is 6.42 Å². The van der Waals surface area contributed by atoms with Crippen molar-refractivity contribution in [1.82, 2.24) is 5.32 Å². The third-order valence-electron chi connectivity index (χ3n) is 2.71. The van der Waals surface area contributed by atoms with E-state index in [1.165, 1.54) is 0 Å². The van der Waals surface area contributed by atoms with Crippen molar-refractivity contribution in [3.05, 3.63) is 29.8 Å². The molecule has 0 saturated heterocycles. The van der Waals surface area contributed by atoms with E-state index >= 15 is 0 Å². The molecular weight excluding hydrogens is 241 g/mol. The lowest BCUT2D eigenvalue weighted by Crippen LogP contribution is -2.32. The van der Waals surface area contributed by atoms with E-state index in [0.717, 1.165) is 24.1 Å². The average Bonchev–Trinajstić information content (AvgIpc) is 2.24. The van der Waals surface area contributed by atoms with E-state index in [9.17, 15) is 13.2 Å². The fourth-order valence-corrected chi connectivity index (χ4v) is 1.81. The van der Waals surface area contributed by atoms with Crippen LogP contribution < -0.4 is 11.1 Å². The number of halogens is 3. The third-order valence-corrected chi connectivity index (χ3v) is 2.71. The molecule has 0 heterocycles. The largest absolute Gasteiger partial charge is 0.399 e. The fourth-order valence-electron chi connectivity index (χ4n) is 1.81. The molecule has 1 atom stereocenters. The molecule has 1 unspecified atom stereocenters. The van der Waals surface area contributed by atoms with Gasteiger partial charge in [0.25, 0.3) is 0 Å². The lowest BCUT2D eigenvalue weighted by atomic mass is 10.1. The van der Waals surface area contributed by atoms with Gasteiger partial charge in [-0.1, -0.05) is 18.2 Å². The summed E-state index contributed by atoms with van der Waals surface area (Å²) >= 11 is 0. The lowest BCUT2D eigenvalue weighted by molar-refractivity contribution is -0.139. The van der Waals surface area contributed by atoms with Crippen LogP contribution in [0.15, 0.2) is 24.3 Å². The van der Waals surface area contributed by atoms with Crippen molar-refractivity contribution >= 4 is 5.69 Å². The Hall–Kier alpha value is -1.23.